The minimum Gasteiger partial charge on any atom is -0.383 e. The fraction of sp³-hybridized carbons (Fsp3) is 0.500. The van der Waals surface area contributed by atoms with Crippen LogP contribution in [0.2, 0.25) is 0 Å². The summed E-state index contributed by atoms with van der Waals surface area (Å²) in [4.78, 5) is 0. The first-order chi connectivity index (χ1) is 7.63. The van der Waals surface area contributed by atoms with Gasteiger partial charge in [0.15, 0.2) is 0 Å². The number of aryl methyl sites for hydroxylation is 1. The Morgan fingerprint density at radius 1 is 1.44 bits per heavy atom. The quantitative estimate of drug-likeness (QED) is 0.814. The molecule has 0 heterocycles. The summed E-state index contributed by atoms with van der Waals surface area (Å²) in [6.07, 6.45) is 0. The maximum absolute atomic E-state index is 11.8. The summed E-state index contributed by atoms with van der Waals surface area (Å²) < 4.78 is 16.7. The predicted molar refractivity (Wildman–Crippen MR) is 67.7 cm³/mol. The highest BCUT2D eigenvalue weighted by Gasteiger charge is 2.09. The van der Waals surface area contributed by atoms with Crippen molar-refractivity contribution in [2.75, 3.05) is 19.5 Å². The van der Waals surface area contributed by atoms with E-state index in [0.29, 0.717) is 18.1 Å². The van der Waals surface area contributed by atoms with Crippen molar-refractivity contribution in [2.45, 2.75) is 18.7 Å². The number of methoxy groups -OCH3 is 1. The van der Waals surface area contributed by atoms with E-state index in [1.54, 1.807) is 7.11 Å². The van der Waals surface area contributed by atoms with Crippen molar-refractivity contribution in [1.82, 2.24) is 0 Å². The second-order valence-electron chi connectivity index (χ2n) is 3.89. The fourth-order valence-electron chi connectivity index (χ4n) is 1.51. The first kappa shape index (κ1) is 13.4. The Balaban J connectivity index is 2.49. The van der Waals surface area contributed by atoms with Crippen LogP contribution < -0.4 is 5.73 Å². The van der Waals surface area contributed by atoms with Gasteiger partial charge in [0, 0.05) is 35.5 Å². The summed E-state index contributed by atoms with van der Waals surface area (Å²) in [6.45, 7) is 2.49. The Bertz CT molecular complexity index is 355. The lowest BCUT2D eigenvalue weighted by Gasteiger charge is -2.10. The van der Waals surface area contributed by atoms with Crippen LogP contribution in [0.4, 0.5) is 0 Å². The zero-order valence-electron chi connectivity index (χ0n) is 9.81. The van der Waals surface area contributed by atoms with Gasteiger partial charge in [0.1, 0.15) is 0 Å². The summed E-state index contributed by atoms with van der Waals surface area (Å²) in [6, 6.07) is 7.85. The van der Waals surface area contributed by atoms with Crippen molar-refractivity contribution < 1.29 is 8.95 Å². The number of hydrogen-bond donors (Lipinski definition) is 1. The monoisotopic (exact) mass is 241 g/mol. The smallest absolute Gasteiger partial charge is 0.0622 e. The molecule has 4 heteroatoms. The molecule has 2 unspecified atom stereocenters. The Kier molecular flexibility index (Phi) is 5.66. The average Bonchev–Trinajstić information content (AvgIpc) is 2.21. The van der Waals surface area contributed by atoms with Crippen molar-refractivity contribution in [3.63, 3.8) is 0 Å². The Morgan fingerprint density at radius 2 is 2.12 bits per heavy atom. The van der Waals surface area contributed by atoms with Gasteiger partial charge in [-0.15, -0.1) is 0 Å². The molecule has 0 aliphatic carbocycles. The van der Waals surface area contributed by atoms with Crippen LogP contribution >= 0.6 is 0 Å². The lowest BCUT2D eigenvalue weighted by molar-refractivity contribution is 0.186. The van der Waals surface area contributed by atoms with Crippen molar-refractivity contribution in [3.8, 4) is 0 Å². The summed E-state index contributed by atoms with van der Waals surface area (Å²) in [5.74, 6) is 1.06. The highest BCUT2D eigenvalue weighted by atomic mass is 32.2. The Morgan fingerprint density at radius 3 is 2.75 bits per heavy atom. The topological polar surface area (TPSA) is 52.3 Å². The van der Waals surface area contributed by atoms with Crippen LogP contribution in [0.5, 0.6) is 0 Å². The highest BCUT2D eigenvalue weighted by molar-refractivity contribution is 7.84. The van der Waals surface area contributed by atoms with E-state index in [1.165, 1.54) is 5.56 Å². The van der Waals surface area contributed by atoms with Crippen molar-refractivity contribution in [1.29, 1.82) is 0 Å². The minimum atomic E-state index is -0.918. The molecule has 0 radical (unpaired) electrons. The SMILES string of the molecule is COCC(N)CS(=O)Cc1ccccc1C. The number of ether oxygens (including phenoxy) is 1. The molecule has 0 aliphatic rings. The van der Waals surface area contributed by atoms with Gasteiger partial charge in [-0.2, -0.15) is 0 Å². The van der Waals surface area contributed by atoms with Crippen LogP contribution in [-0.2, 0) is 21.3 Å². The van der Waals surface area contributed by atoms with Gasteiger partial charge < -0.3 is 10.5 Å². The van der Waals surface area contributed by atoms with Crippen molar-refractivity contribution >= 4 is 10.8 Å². The molecule has 1 aromatic rings. The maximum atomic E-state index is 11.8. The molecule has 1 aromatic carbocycles. The number of rotatable bonds is 6. The van der Waals surface area contributed by atoms with Crippen LogP contribution in [0, 0.1) is 6.92 Å². The van der Waals surface area contributed by atoms with Crippen molar-refractivity contribution in [2.24, 2.45) is 5.73 Å². The molecule has 0 bridgehead atoms. The normalized spacial score (nSPS) is 14.7. The summed E-state index contributed by atoms with van der Waals surface area (Å²) in [7, 11) is 0.683. The van der Waals surface area contributed by atoms with E-state index >= 15 is 0 Å². The summed E-state index contributed by atoms with van der Waals surface area (Å²) in [5.41, 5.74) is 8.07. The maximum Gasteiger partial charge on any atom is 0.0622 e. The van der Waals surface area contributed by atoms with Gasteiger partial charge in [0.25, 0.3) is 0 Å². The van der Waals surface area contributed by atoms with Crippen LogP contribution in [0.1, 0.15) is 11.1 Å². The number of nitrogens with two attached hydrogens (primary N) is 1. The molecule has 0 saturated heterocycles. The highest BCUT2D eigenvalue weighted by Crippen LogP contribution is 2.10. The molecule has 0 saturated carbocycles. The van der Waals surface area contributed by atoms with E-state index in [2.05, 4.69) is 0 Å². The number of benzene rings is 1. The first-order valence-corrected chi connectivity index (χ1v) is 6.76. The van der Waals surface area contributed by atoms with Gasteiger partial charge in [-0.25, -0.2) is 0 Å². The third-order valence-corrected chi connectivity index (χ3v) is 3.79. The molecule has 90 valence electrons. The van der Waals surface area contributed by atoms with Gasteiger partial charge >= 0.3 is 0 Å². The summed E-state index contributed by atoms with van der Waals surface area (Å²) in [5, 5.41) is 0. The second kappa shape index (κ2) is 6.78. The molecular weight excluding hydrogens is 222 g/mol. The van der Waals surface area contributed by atoms with E-state index in [9.17, 15) is 4.21 Å². The Hall–Kier alpha value is -0.710. The molecule has 16 heavy (non-hydrogen) atoms. The van der Waals surface area contributed by atoms with E-state index < -0.39 is 10.8 Å². The van der Waals surface area contributed by atoms with E-state index in [1.807, 2.05) is 31.2 Å². The van der Waals surface area contributed by atoms with E-state index in [0.717, 1.165) is 5.56 Å². The van der Waals surface area contributed by atoms with Crippen LogP contribution in [-0.4, -0.2) is 29.7 Å². The lowest BCUT2D eigenvalue weighted by atomic mass is 10.1. The zero-order valence-corrected chi connectivity index (χ0v) is 10.6. The standard InChI is InChI=1S/C12H19NO2S/c1-10-5-3-4-6-11(10)8-16(14)9-12(13)7-15-2/h3-6,12H,7-9,13H2,1-2H3. The molecule has 2 atom stereocenters. The second-order valence-corrected chi connectivity index (χ2v) is 5.39. The largest absolute Gasteiger partial charge is 0.383 e. The molecular formula is C12H19NO2S. The summed E-state index contributed by atoms with van der Waals surface area (Å²) >= 11 is 0. The average molecular weight is 241 g/mol. The van der Waals surface area contributed by atoms with E-state index in [-0.39, 0.29) is 6.04 Å². The van der Waals surface area contributed by atoms with Gasteiger partial charge in [0.05, 0.1) is 6.61 Å². The minimum absolute atomic E-state index is 0.144. The zero-order chi connectivity index (χ0) is 12.0. The molecule has 0 aromatic heterocycles. The Labute approximate surface area is 99.4 Å². The molecule has 1 rings (SSSR count). The molecule has 2 N–H and O–H groups in total. The molecule has 0 fully saturated rings. The van der Waals surface area contributed by atoms with Gasteiger partial charge in [0.2, 0.25) is 0 Å². The number of hydrogen-bond acceptors (Lipinski definition) is 3. The molecule has 0 amide bonds. The van der Waals surface area contributed by atoms with Crippen molar-refractivity contribution in [3.05, 3.63) is 35.4 Å². The van der Waals surface area contributed by atoms with Crippen LogP contribution in [0.15, 0.2) is 24.3 Å². The third-order valence-electron chi connectivity index (χ3n) is 2.36. The lowest BCUT2D eigenvalue weighted by Crippen LogP contribution is -2.32. The van der Waals surface area contributed by atoms with E-state index in [4.69, 9.17) is 10.5 Å². The third kappa shape index (κ3) is 4.43. The van der Waals surface area contributed by atoms with Gasteiger partial charge in [-0.1, -0.05) is 24.3 Å². The van der Waals surface area contributed by atoms with Crippen LogP contribution in [0.25, 0.3) is 0 Å². The van der Waals surface area contributed by atoms with Crippen LogP contribution in [0.3, 0.4) is 0 Å². The molecule has 0 spiro atoms. The first-order valence-electron chi connectivity index (χ1n) is 5.27. The predicted octanol–water partition coefficient (Wildman–Crippen LogP) is 1.22. The molecule has 0 aliphatic heterocycles. The van der Waals surface area contributed by atoms with Gasteiger partial charge in [-0.05, 0) is 18.1 Å². The fourth-order valence-corrected chi connectivity index (χ4v) is 2.87. The van der Waals surface area contributed by atoms with Gasteiger partial charge in [-0.3, -0.25) is 4.21 Å². The molecule has 3 nitrogen and oxygen atoms in total.